The molecule has 0 aromatic heterocycles. The molecule has 2 N–H and O–H groups in total. The highest BCUT2D eigenvalue weighted by molar-refractivity contribution is 5.85. The van der Waals surface area contributed by atoms with E-state index >= 15 is 0 Å². The Labute approximate surface area is 169 Å². The average molecular weight is 390 g/mol. The van der Waals surface area contributed by atoms with E-state index in [1.54, 1.807) is 12.1 Å². The van der Waals surface area contributed by atoms with Crippen molar-refractivity contribution in [3.8, 4) is 5.75 Å². The fraction of sp³-hybridized carbons (Fsp3) is 0.478. The number of aromatic hydroxyl groups is 1. The fourth-order valence-electron chi connectivity index (χ4n) is 4.41. The lowest BCUT2D eigenvalue weighted by molar-refractivity contribution is -0.0753. The number of hydrogen-bond donors (Lipinski definition) is 2. The van der Waals surface area contributed by atoms with E-state index in [4.69, 9.17) is 0 Å². The van der Waals surface area contributed by atoms with Gasteiger partial charge in [0.2, 0.25) is 0 Å². The summed E-state index contributed by atoms with van der Waals surface area (Å²) in [6, 6.07) is 16.0. The minimum atomic E-state index is -0.868. The van der Waals surface area contributed by atoms with Gasteiger partial charge in [-0.1, -0.05) is 42.0 Å². The lowest BCUT2D eigenvalue weighted by Gasteiger charge is -2.44. The molecular formula is C23H32ClNO2. The van der Waals surface area contributed by atoms with E-state index in [1.165, 1.54) is 11.1 Å². The second kappa shape index (κ2) is 9.09. The van der Waals surface area contributed by atoms with Crippen LogP contribution in [0.15, 0.2) is 48.5 Å². The maximum absolute atomic E-state index is 11.6. The van der Waals surface area contributed by atoms with E-state index in [0.717, 1.165) is 37.8 Å². The first kappa shape index (κ1) is 21.7. The quantitative estimate of drug-likeness (QED) is 0.789. The number of nitrogens with zero attached hydrogens (tertiary/aromatic N) is 1. The highest BCUT2D eigenvalue weighted by Crippen LogP contribution is 2.45. The third-order valence-corrected chi connectivity index (χ3v) is 5.80. The SMILES string of the molecule is Cc1ccc(CC2CCC(O)(c3cccc(O)c3)C(CN(C)C)C2)cc1.Cl. The molecule has 3 nitrogen and oxygen atoms in total. The Balaban J connectivity index is 0.00000261. The molecule has 3 atom stereocenters. The smallest absolute Gasteiger partial charge is 0.115 e. The number of halogens is 1. The van der Waals surface area contributed by atoms with Gasteiger partial charge in [-0.2, -0.15) is 0 Å². The maximum atomic E-state index is 11.6. The van der Waals surface area contributed by atoms with E-state index in [0.29, 0.717) is 5.92 Å². The molecule has 2 aromatic carbocycles. The summed E-state index contributed by atoms with van der Waals surface area (Å²) in [7, 11) is 4.12. The summed E-state index contributed by atoms with van der Waals surface area (Å²) in [6.07, 6.45) is 3.81. The molecule has 148 valence electrons. The Hall–Kier alpha value is -1.55. The van der Waals surface area contributed by atoms with Crippen molar-refractivity contribution < 1.29 is 10.2 Å². The number of phenols is 1. The van der Waals surface area contributed by atoms with Crippen molar-refractivity contribution in [2.45, 2.75) is 38.2 Å². The van der Waals surface area contributed by atoms with Gasteiger partial charge in [0.1, 0.15) is 5.75 Å². The van der Waals surface area contributed by atoms with Crippen molar-refractivity contribution in [3.05, 3.63) is 65.2 Å². The standard InChI is InChI=1S/C23H31NO2.ClH/c1-17-7-9-18(10-8-17)13-19-11-12-23(26,21(14-19)16-24(2)3)20-5-4-6-22(25)15-20;/h4-10,15,19,21,25-26H,11-14,16H2,1-3H3;1H. The molecule has 1 aliphatic carbocycles. The first-order valence-electron chi connectivity index (χ1n) is 9.59. The topological polar surface area (TPSA) is 43.7 Å². The molecule has 0 radical (unpaired) electrons. The number of benzene rings is 2. The molecule has 0 aliphatic heterocycles. The summed E-state index contributed by atoms with van der Waals surface area (Å²) in [5.41, 5.74) is 2.65. The molecule has 0 heterocycles. The van der Waals surface area contributed by atoms with Gasteiger partial charge >= 0.3 is 0 Å². The molecule has 0 spiro atoms. The van der Waals surface area contributed by atoms with Crippen molar-refractivity contribution in [3.63, 3.8) is 0 Å². The van der Waals surface area contributed by atoms with Crippen LogP contribution in [0.2, 0.25) is 0 Å². The predicted octanol–water partition coefficient (Wildman–Crippen LogP) is 4.53. The largest absolute Gasteiger partial charge is 0.508 e. The van der Waals surface area contributed by atoms with E-state index in [2.05, 4.69) is 50.2 Å². The third kappa shape index (κ3) is 5.25. The first-order chi connectivity index (χ1) is 12.4. The molecular weight excluding hydrogens is 358 g/mol. The highest BCUT2D eigenvalue weighted by Gasteiger charge is 2.43. The van der Waals surface area contributed by atoms with Gasteiger partial charge in [0.05, 0.1) is 5.60 Å². The first-order valence-corrected chi connectivity index (χ1v) is 9.59. The van der Waals surface area contributed by atoms with Crippen LogP contribution >= 0.6 is 12.4 Å². The number of aliphatic hydroxyl groups is 1. The minimum Gasteiger partial charge on any atom is -0.508 e. The average Bonchev–Trinajstić information content (AvgIpc) is 2.59. The zero-order valence-electron chi connectivity index (χ0n) is 16.6. The molecule has 1 saturated carbocycles. The monoisotopic (exact) mass is 389 g/mol. The van der Waals surface area contributed by atoms with Crippen LogP contribution in [0, 0.1) is 18.8 Å². The van der Waals surface area contributed by atoms with Crippen LogP contribution < -0.4 is 0 Å². The minimum absolute atomic E-state index is 0. The van der Waals surface area contributed by atoms with Gasteiger partial charge in [-0.05, 0) is 75.9 Å². The van der Waals surface area contributed by atoms with Gasteiger partial charge in [-0.3, -0.25) is 0 Å². The van der Waals surface area contributed by atoms with Crippen LogP contribution in [0.4, 0.5) is 0 Å². The molecule has 1 aliphatic rings. The number of rotatable bonds is 5. The Morgan fingerprint density at radius 3 is 2.44 bits per heavy atom. The zero-order chi connectivity index (χ0) is 18.7. The Kier molecular flexibility index (Phi) is 7.32. The molecule has 0 bridgehead atoms. The van der Waals surface area contributed by atoms with Crippen LogP contribution in [0.1, 0.15) is 36.0 Å². The van der Waals surface area contributed by atoms with Crippen LogP contribution in [0.25, 0.3) is 0 Å². The summed E-state index contributed by atoms with van der Waals surface area (Å²) in [5, 5.41) is 21.4. The lowest BCUT2D eigenvalue weighted by atomic mass is 9.66. The van der Waals surface area contributed by atoms with E-state index < -0.39 is 5.60 Å². The number of phenolic OH excluding ortho intramolecular Hbond substituents is 1. The normalized spacial score (nSPS) is 25.2. The molecule has 27 heavy (non-hydrogen) atoms. The number of hydrogen-bond acceptors (Lipinski definition) is 3. The van der Waals surface area contributed by atoms with Gasteiger partial charge in [0.25, 0.3) is 0 Å². The predicted molar refractivity (Wildman–Crippen MR) is 114 cm³/mol. The Bertz CT molecular complexity index is 731. The van der Waals surface area contributed by atoms with Gasteiger partial charge in [-0.15, -0.1) is 12.4 Å². The van der Waals surface area contributed by atoms with Crippen LogP contribution in [-0.4, -0.2) is 35.8 Å². The Morgan fingerprint density at radius 2 is 1.81 bits per heavy atom. The van der Waals surface area contributed by atoms with Crippen LogP contribution in [0.5, 0.6) is 5.75 Å². The number of aryl methyl sites for hydroxylation is 1. The second-order valence-electron chi connectivity index (χ2n) is 8.26. The van der Waals surface area contributed by atoms with E-state index in [9.17, 15) is 10.2 Å². The third-order valence-electron chi connectivity index (χ3n) is 5.80. The van der Waals surface area contributed by atoms with Crippen molar-refractivity contribution >= 4 is 12.4 Å². The van der Waals surface area contributed by atoms with Crippen LogP contribution in [-0.2, 0) is 12.0 Å². The summed E-state index contributed by atoms with van der Waals surface area (Å²) in [5.74, 6) is 0.963. The molecule has 3 rings (SSSR count). The maximum Gasteiger partial charge on any atom is 0.115 e. The van der Waals surface area contributed by atoms with E-state index in [1.807, 2.05) is 12.1 Å². The van der Waals surface area contributed by atoms with Crippen molar-refractivity contribution in [2.24, 2.45) is 11.8 Å². The highest BCUT2D eigenvalue weighted by atomic mass is 35.5. The summed E-state index contributed by atoms with van der Waals surface area (Å²) in [6.45, 7) is 2.96. The summed E-state index contributed by atoms with van der Waals surface area (Å²) < 4.78 is 0. The summed E-state index contributed by atoms with van der Waals surface area (Å²) >= 11 is 0. The Morgan fingerprint density at radius 1 is 1.11 bits per heavy atom. The molecule has 2 aromatic rings. The van der Waals surface area contributed by atoms with Crippen molar-refractivity contribution in [2.75, 3.05) is 20.6 Å². The van der Waals surface area contributed by atoms with Gasteiger partial charge < -0.3 is 15.1 Å². The van der Waals surface area contributed by atoms with E-state index in [-0.39, 0.29) is 24.1 Å². The van der Waals surface area contributed by atoms with Gasteiger partial charge in [-0.25, -0.2) is 0 Å². The second-order valence-corrected chi connectivity index (χ2v) is 8.26. The molecule has 0 amide bonds. The lowest BCUT2D eigenvalue weighted by Crippen LogP contribution is -2.45. The molecule has 4 heteroatoms. The zero-order valence-corrected chi connectivity index (χ0v) is 17.4. The van der Waals surface area contributed by atoms with Crippen LogP contribution in [0.3, 0.4) is 0 Å². The molecule has 0 saturated heterocycles. The molecule has 1 fully saturated rings. The van der Waals surface area contributed by atoms with Crippen molar-refractivity contribution in [1.29, 1.82) is 0 Å². The summed E-state index contributed by atoms with van der Waals surface area (Å²) in [4.78, 5) is 2.16. The van der Waals surface area contributed by atoms with Gasteiger partial charge in [0.15, 0.2) is 0 Å². The van der Waals surface area contributed by atoms with Gasteiger partial charge in [0, 0.05) is 12.5 Å². The molecule has 3 unspecified atom stereocenters. The van der Waals surface area contributed by atoms with Crippen molar-refractivity contribution in [1.82, 2.24) is 4.90 Å². The fourth-order valence-corrected chi connectivity index (χ4v) is 4.41.